The highest BCUT2D eigenvalue weighted by Gasteiger charge is 2.29. The lowest BCUT2D eigenvalue weighted by molar-refractivity contribution is -0.136. The van der Waals surface area contributed by atoms with Crippen molar-refractivity contribution < 1.29 is 22.3 Å². The Bertz CT molecular complexity index is 378. The number of nitrogens with two attached hydrogens (primary N) is 1. The second kappa shape index (κ2) is 5.35. The van der Waals surface area contributed by atoms with Gasteiger partial charge in [0.1, 0.15) is 11.6 Å². The van der Waals surface area contributed by atoms with Crippen LogP contribution in [0.5, 0.6) is 5.75 Å². The first kappa shape index (κ1) is 13.8. The van der Waals surface area contributed by atoms with E-state index in [0.717, 1.165) is 6.07 Å². The minimum atomic E-state index is -4.30. The molecule has 0 radical (unpaired) electrons. The van der Waals surface area contributed by atoms with E-state index in [4.69, 9.17) is 10.5 Å². The van der Waals surface area contributed by atoms with Crippen LogP contribution in [-0.2, 0) is 0 Å². The van der Waals surface area contributed by atoms with Crippen molar-refractivity contribution in [1.82, 2.24) is 0 Å². The van der Waals surface area contributed by atoms with Crippen LogP contribution in [0.4, 0.5) is 17.6 Å². The van der Waals surface area contributed by atoms with Crippen molar-refractivity contribution in [2.24, 2.45) is 5.73 Å². The Kier molecular flexibility index (Phi) is 4.34. The maximum atomic E-state index is 13.5. The molecule has 0 unspecified atom stereocenters. The Labute approximate surface area is 96.4 Å². The number of halogens is 4. The van der Waals surface area contributed by atoms with Gasteiger partial charge in [0, 0.05) is 18.0 Å². The van der Waals surface area contributed by atoms with Crippen LogP contribution in [0.15, 0.2) is 18.2 Å². The molecule has 2 nitrogen and oxygen atoms in total. The molecule has 1 aromatic carbocycles. The largest absolute Gasteiger partial charge is 0.496 e. The lowest BCUT2D eigenvalue weighted by Gasteiger charge is -2.17. The number of benzene rings is 1. The van der Waals surface area contributed by atoms with Crippen molar-refractivity contribution in [3.05, 3.63) is 29.6 Å². The molecule has 1 atom stereocenters. The van der Waals surface area contributed by atoms with E-state index in [0.29, 0.717) is 0 Å². The third-order valence-corrected chi connectivity index (χ3v) is 2.34. The third-order valence-electron chi connectivity index (χ3n) is 2.34. The van der Waals surface area contributed by atoms with Gasteiger partial charge in [0.25, 0.3) is 0 Å². The van der Waals surface area contributed by atoms with Crippen LogP contribution in [0.25, 0.3) is 0 Å². The van der Waals surface area contributed by atoms with E-state index in [1.165, 1.54) is 19.2 Å². The van der Waals surface area contributed by atoms with Gasteiger partial charge in [-0.25, -0.2) is 4.39 Å². The van der Waals surface area contributed by atoms with E-state index >= 15 is 0 Å². The van der Waals surface area contributed by atoms with Gasteiger partial charge < -0.3 is 10.5 Å². The highest BCUT2D eigenvalue weighted by molar-refractivity contribution is 5.36. The molecule has 0 aromatic heterocycles. The van der Waals surface area contributed by atoms with Crippen LogP contribution in [0.3, 0.4) is 0 Å². The van der Waals surface area contributed by atoms with Gasteiger partial charge in [-0.2, -0.15) is 13.2 Å². The average Bonchev–Trinajstić information content (AvgIpc) is 2.24. The number of alkyl halides is 3. The summed E-state index contributed by atoms with van der Waals surface area (Å²) in [5, 5.41) is 0. The van der Waals surface area contributed by atoms with Gasteiger partial charge >= 0.3 is 6.18 Å². The van der Waals surface area contributed by atoms with E-state index < -0.39 is 24.5 Å². The summed E-state index contributed by atoms with van der Waals surface area (Å²) in [7, 11) is 1.31. The van der Waals surface area contributed by atoms with Crippen LogP contribution in [0.2, 0.25) is 0 Å². The molecule has 0 aliphatic carbocycles. The molecule has 0 spiro atoms. The molecular weight excluding hydrogens is 238 g/mol. The fraction of sp³-hybridized carbons (Fsp3) is 0.455. The lowest BCUT2D eigenvalue weighted by atomic mass is 10.0. The van der Waals surface area contributed by atoms with E-state index in [9.17, 15) is 17.6 Å². The Morgan fingerprint density at radius 3 is 2.53 bits per heavy atom. The van der Waals surface area contributed by atoms with Crippen molar-refractivity contribution in [1.29, 1.82) is 0 Å². The molecule has 17 heavy (non-hydrogen) atoms. The number of methoxy groups -OCH3 is 1. The summed E-state index contributed by atoms with van der Waals surface area (Å²) in [5.41, 5.74) is 5.54. The highest BCUT2D eigenvalue weighted by Crippen LogP contribution is 2.32. The zero-order valence-corrected chi connectivity index (χ0v) is 9.22. The van der Waals surface area contributed by atoms with Crippen molar-refractivity contribution in [2.45, 2.75) is 25.1 Å². The Balaban J connectivity index is 2.84. The van der Waals surface area contributed by atoms with Crippen LogP contribution >= 0.6 is 0 Å². The molecule has 2 N–H and O–H groups in total. The quantitative estimate of drug-likeness (QED) is 0.834. The van der Waals surface area contributed by atoms with Crippen LogP contribution in [-0.4, -0.2) is 13.3 Å². The predicted molar refractivity (Wildman–Crippen MR) is 55.2 cm³/mol. The van der Waals surface area contributed by atoms with Crippen molar-refractivity contribution in [2.75, 3.05) is 7.11 Å². The Morgan fingerprint density at radius 1 is 1.35 bits per heavy atom. The number of ether oxygens (including phenoxy) is 1. The van der Waals surface area contributed by atoms with Crippen molar-refractivity contribution in [3.63, 3.8) is 0 Å². The zero-order valence-electron chi connectivity index (χ0n) is 9.22. The molecule has 0 amide bonds. The van der Waals surface area contributed by atoms with E-state index in [2.05, 4.69) is 0 Å². The summed E-state index contributed by atoms with van der Waals surface area (Å²) in [6, 6.07) is 2.98. The molecular formula is C11H13F4NO. The molecule has 0 aliphatic heterocycles. The minimum absolute atomic E-state index is 0.0146. The zero-order chi connectivity index (χ0) is 13.1. The SMILES string of the molecule is COc1cccc(F)c1[C@H](N)CCC(F)(F)F. The van der Waals surface area contributed by atoms with E-state index in [1.807, 2.05) is 0 Å². The summed E-state index contributed by atoms with van der Waals surface area (Å²) in [4.78, 5) is 0. The maximum absolute atomic E-state index is 13.5. The van der Waals surface area contributed by atoms with Gasteiger partial charge in [-0.3, -0.25) is 0 Å². The molecule has 1 rings (SSSR count). The fourth-order valence-electron chi connectivity index (χ4n) is 1.52. The molecule has 96 valence electrons. The molecule has 1 aromatic rings. The summed E-state index contributed by atoms with van der Waals surface area (Å²) in [5.74, 6) is -0.487. The standard InChI is InChI=1S/C11H13F4NO/c1-17-9-4-2-3-7(12)10(9)8(16)5-6-11(13,14)15/h2-4,8H,5-6,16H2,1H3/t8-/m1/s1. The maximum Gasteiger partial charge on any atom is 0.389 e. The first-order valence-corrected chi connectivity index (χ1v) is 5.00. The number of hydrogen-bond acceptors (Lipinski definition) is 2. The Morgan fingerprint density at radius 2 is 2.00 bits per heavy atom. The smallest absolute Gasteiger partial charge is 0.389 e. The van der Waals surface area contributed by atoms with Crippen molar-refractivity contribution in [3.8, 4) is 5.75 Å². The number of rotatable bonds is 4. The van der Waals surface area contributed by atoms with Gasteiger partial charge in [-0.15, -0.1) is 0 Å². The molecule has 0 saturated heterocycles. The van der Waals surface area contributed by atoms with Gasteiger partial charge in [0.2, 0.25) is 0 Å². The second-order valence-electron chi connectivity index (χ2n) is 3.62. The minimum Gasteiger partial charge on any atom is -0.496 e. The van der Waals surface area contributed by atoms with Gasteiger partial charge in [-0.1, -0.05) is 6.07 Å². The normalized spacial score (nSPS) is 13.5. The molecule has 0 aliphatic rings. The average molecular weight is 251 g/mol. The molecule has 0 saturated carbocycles. The summed E-state index contributed by atoms with van der Waals surface area (Å²) in [6.45, 7) is 0. The molecule has 6 heteroatoms. The van der Waals surface area contributed by atoms with E-state index in [1.54, 1.807) is 0 Å². The first-order chi connectivity index (χ1) is 7.85. The van der Waals surface area contributed by atoms with E-state index in [-0.39, 0.29) is 17.7 Å². The van der Waals surface area contributed by atoms with Crippen LogP contribution < -0.4 is 10.5 Å². The molecule has 0 fully saturated rings. The summed E-state index contributed by atoms with van der Waals surface area (Å²) < 4.78 is 54.4. The summed E-state index contributed by atoms with van der Waals surface area (Å²) >= 11 is 0. The summed E-state index contributed by atoms with van der Waals surface area (Å²) in [6.07, 6.45) is -5.72. The Hall–Kier alpha value is -1.30. The monoisotopic (exact) mass is 251 g/mol. The second-order valence-corrected chi connectivity index (χ2v) is 3.62. The molecule has 0 bridgehead atoms. The molecule has 0 heterocycles. The van der Waals surface area contributed by atoms with Gasteiger partial charge in [0.15, 0.2) is 0 Å². The highest BCUT2D eigenvalue weighted by atomic mass is 19.4. The van der Waals surface area contributed by atoms with Gasteiger partial charge in [0.05, 0.1) is 7.11 Å². The van der Waals surface area contributed by atoms with Crippen LogP contribution in [0.1, 0.15) is 24.4 Å². The lowest BCUT2D eigenvalue weighted by Crippen LogP contribution is -2.17. The third kappa shape index (κ3) is 3.89. The fourth-order valence-corrected chi connectivity index (χ4v) is 1.52. The van der Waals surface area contributed by atoms with Crippen molar-refractivity contribution >= 4 is 0 Å². The van der Waals surface area contributed by atoms with Gasteiger partial charge in [-0.05, 0) is 18.6 Å². The predicted octanol–water partition coefficient (Wildman–Crippen LogP) is 3.18. The topological polar surface area (TPSA) is 35.2 Å². The van der Waals surface area contributed by atoms with Crippen LogP contribution in [0, 0.1) is 5.82 Å². The number of hydrogen-bond donors (Lipinski definition) is 1. The first-order valence-electron chi connectivity index (χ1n) is 5.00.